The molecular weight excluding hydrogens is 259 g/mol. The van der Waals surface area contributed by atoms with Crippen LogP contribution in [0.4, 0.5) is 0 Å². The summed E-state index contributed by atoms with van der Waals surface area (Å²) in [5.41, 5.74) is 0. The van der Waals surface area contributed by atoms with Gasteiger partial charge in [-0.1, -0.05) is 72.6 Å². The molecule has 0 amide bonds. The van der Waals surface area contributed by atoms with Crippen molar-refractivity contribution in [3.05, 3.63) is 0 Å². The summed E-state index contributed by atoms with van der Waals surface area (Å²) in [6.07, 6.45) is 10.2. The molecule has 0 aromatic carbocycles. The van der Waals surface area contributed by atoms with E-state index in [4.69, 9.17) is 5.11 Å². The van der Waals surface area contributed by atoms with Crippen molar-refractivity contribution in [3.63, 3.8) is 0 Å². The third kappa shape index (κ3) is 16.5. The van der Waals surface area contributed by atoms with E-state index in [0.717, 1.165) is 24.7 Å². The van der Waals surface area contributed by atoms with Gasteiger partial charge >= 0.3 is 5.97 Å². The van der Waals surface area contributed by atoms with Crippen LogP contribution in [0.2, 0.25) is 0 Å². The van der Waals surface area contributed by atoms with Gasteiger partial charge in [0.05, 0.1) is 0 Å². The molecule has 0 aliphatic heterocycles. The van der Waals surface area contributed by atoms with Crippen molar-refractivity contribution in [1.29, 1.82) is 0 Å². The van der Waals surface area contributed by atoms with E-state index >= 15 is 0 Å². The Kier molecular flexibility index (Phi) is 16.4. The minimum absolute atomic E-state index is 0. The molecule has 20 heavy (non-hydrogen) atoms. The van der Waals surface area contributed by atoms with Gasteiger partial charge in [-0.05, 0) is 24.2 Å². The summed E-state index contributed by atoms with van der Waals surface area (Å²) in [5, 5.41) is 8.60. The van der Waals surface area contributed by atoms with Crippen LogP contribution >= 0.6 is 0 Å². The first-order chi connectivity index (χ1) is 8.91. The largest absolute Gasteiger partial charge is 0.481 e. The fraction of sp³-hybridized carbons (Fsp3) is 0.941. The number of carboxylic acid groups (broad SMARTS) is 1. The molecule has 0 bridgehead atoms. The summed E-state index contributed by atoms with van der Waals surface area (Å²) in [4.78, 5) is 10.4. The first-order valence-corrected chi connectivity index (χ1v) is 8.13. The molecule has 1 N–H and O–H groups in total. The molecule has 115 valence electrons. The van der Waals surface area contributed by atoms with Gasteiger partial charge in [0.25, 0.3) is 0 Å². The van der Waals surface area contributed by atoms with Crippen LogP contribution in [0.5, 0.6) is 0 Å². The summed E-state index contributed by atoms with van der Waals surface area (Å²) in [6, 6.07) is 0. The maximum absolute atomic E-state index is 10.4. The Labute approximate surface area is 148 Å². The predicted octanol–water partition coefficient (Wildman–Crippen LogP) is 5.13. The minimum Gasteiger partial charge on any atom is -0.481 e. The van der Waals surface area contributed by atoms with E-state index in [1.54, 1.807) is 0 Å². The topological polar surface area (TPSA) is 37.3 Å². The molecular formula is C17H34NaO2. The second-order valence-corrected chi connectivity index (χ2v) is 6.75. The molecule has 2 atom stereocenters. The molecule has 0 aromatic rings. The number of hydrogen-bond acceptors (Lipinski definition) is 1. The molecule has 0 aliphatic carbocycles. The van der Waals surface area contributed by atoms with Crippen molar-refractivity contribution in [2.24, 2.45) is 17.8 Å². The van der Waals surface area contributed by atoms with Crippen molar-refractivity contribution in [1.82, 2.24) is 0 Å². The molecule has 0 fully saturated rings. The molecule has 0 aromatic heterocycles. The van der Waals surface area contributed by atoms with Gasteiger partial charge in [0.2, 0.25) is 0 Å². The minimum atomic E-state index is -0.661. The molecule has 1 radical (unpaired) electrons. The second kappa shape index (κ2) is 14.4. The molecule has 2 unspecified atom stereocenters. The van der Waals surface area contributed by atoms with E-state index in [1.807, 2.05) is 0 Å². The molecule has 0 saturated heterocycles. The van der Waals surface area contributed by atoms with Gasteiger partial charge in [-0.2, -0.15) is 0 Å². The van der Waals surface area contributed by atoms with Gasteiger partial charge in [-0.25, -0.2) is 0 Å². The van der Waals surface area contributed by atoms with Crippen LogP contribution in [-0.4, -0.2) is 40.6 Å². The number of aliphatic carboxylic acids is 1. The van der Waals surface area contributed by atoms with Crippen LogP contribution in [0.15, 0.2) is 0 Å². The average molecular weight is 293 g/mol. The average Bonchev–Trinajstić information content (AvgIpc) is 2.27. The Balaban J connectivity index is 0. The standard InChI is InChI=1S/C17H34O2.Na/c1-14(2)8-5-9-15(3)10-6-11-16(4)12-7-13-17(18)19;/h14-16H,5-13H2,1-4H3,(H,18,19);. The van der Waals surface area contributed by atoms with Crippen LogP contribution in [-0.2, 0) is 4.79 Å². The first kappa shape index (κ1) is 22.7. The molecule has 2 nitrogen and oxygen atoms in total. The Bertz CT molecular complexity index is 229. The first-order valence-electron chi connectivity index (χ1n) is 8.13. The number of carboxylic acids is 1. The summed E-state index contributed by atoms with van der Waals surface area (Å²) in [7, 11) is 0. The van der Waals surface area contributed by atoms with Crippen molar-refractivity contribution >= 4 is 35.5 Å². The van der Waals surface area contributed by atoms with Crippen LogP contribution in [0.3, 0.4) is 0 Å². The third-order valence-corrected chi connectivity index (χ3v) is 3.96. The monoisotopic (exact) mass is 293 g/mol. The SMILES string of the molecule is CC(C)CCCC(C)CCCC(C)CCCC(=O)O.[Na]. The fourth-order valence-electron chi connectivity index (χ4n) is 2.58. The quantitative estimate of drug-likeness (QED) is 0.506. The van der Waals surface area contributed by atoms with Crippen molar-refractivity contribution < 1.29 is 9.90 Å². The zero-order chi connectivity index (χ0) is 14.7. The van der Waals surface area contributed by atoms with Crippen LogP contribution in [0.1, 0.15) is 85.5 Å². The van der Waals surface area contributed by atoms with Gasteiger partial charge in [0.1, 0.15) is 0 Å². The summed E-state index contributed by atoms with van der Waals surface area (Å²) < 4.78 is 0. The van der Waals surface area contributed by atoms with Crippen molar-refractivity contribution in [2.75, 3.05) is 0 Å². The molecule has 3 heteroatoms. The van der Waals surface area contributed by atoms with E-state index in [-0.39, 0.29) is 29.6 Å². The van der Waals surface area contributed by atoms with Crippen molar-refractivity contribution in [2.45, 2.75) is 85.5 Å². The Morgan fingerprint density at radius 3 is 1.60 bits per heavy atom. The smallest absolute Gasteiger partial charge is 0.303 e. The Hall–Kier alpha value is 0.470. The number of carbonyl (C=O) groups is 1. The summed E-state index contributed by atoms with van der Waals surface area (Å²) in [6.45, 7) is 9.22. The van der Waals surface area contributed by atoms with Crippen LogP contribution < -0.4 is 0 Å². The predicted molar refractivity (Wildman–Crippen MR) is 88.1 cm³/mol. The van der Waals surface area contributed by atoms with Gasteiger partial charge in [0.15, 0.2) is 0 Å². The fourth-order valence-corrected chi connectivity index (χ4v) is 2.58. The molecule has 0 heterocycles. The Morgan fingerprint density at radius 2 is 1.20 bits per heavy atom. The molecule has 0 aliphatic rings. The zero-order valence-electron chi connectivity index (χ0n) is 14.5. The van der Waals surface area contributed by atoms with Gasteiger partial charge in [-0.15, -0.1) is 0 Å². The van der Waals surface area contributed by atoms with Gasteiger partial charge in [-0.3, -0.25) is 4.79 Å². The zero-order valence-corrected chi connectivity index (χ0v) is 16.5. The molecule has 0 saturated carbocycles. The molecule has 0 spiro atoms. The Morgan fingerprint density at radius 1 is 0.800 bits per heavy atom. The van der Waals surface area contributed by atoms with Gasteiger partial charge in [0, 0.05) is 36.0 Å². The third-order valence-electron chi connectivity index (χ3n) is 3.96. The summed E-state index contributed by atoms with van der Waals surface area (Å²) >= 11 is 0. The normalized spacial score (nSPS) is 13.8. The van der Waals surface area contributed by atoms with E-state index in [1.165, 1.54) is 38.5 Å². The van der Waals surface area contributed by atoms with E-state index < -0.39 is 5.97 Å². The maximum Gasteiger partial charge on any atom is 0.303 e. The maximum atomic E-state index is 10.4. The second-order valence-electron chi connectivity index (χ2n) is 6.75. The summed E-state index contributed by atoms with van der Waals surface area (Å²) in [5.74, 6) is 1.71. The van der Waals surface area contributed by atoms with Crippen LogP contribution in [0.25, 0.3) is 0 Å². The van der Waals surface area contributed by atoms with E-state index in [0.29, 0.717) is 12.3 Å². The van der Waals surface area contributed by atoms with Crippen molar-refractivity contribution in [3.8, 4) is 0 Å². The van der Waals surface area contributed by atoms with E-state index in [2.05, 4.69) is 27.7 Å². The van der Waals surface area contributed by atoms with Gasteiger partial charge < -0.3 is 5.11 Å². The molecule has 0 rings (SSSR count). The number of rotatable bonds is 12. The van der Waals surface area contributed by atoms with Crippen LogP contribution in [0, 0.1) is 17.8 Å². The van der Waals surface area contributed by atoms with E-state index in [9.17, 15) is 4.79 Å². The number of hydrogen-bond donors (Lipinski definition) is 1.